The van der Waals surface area contributed by atoms with E-state index < -0.39 is 0 Å². The van der Waals surface area contributed by atoms with Crippen molar-refractivity contribution in [1.29, 1.82) is 0 Å². The van der Waals surface area contributed by atoms with Crippen LogP contribution in [0.4, 0.5) is 0 Å². The lowest BCUT2D eigenvalue weighted by molar-refractivity contribution is -0.123. The first-order chi connectivity index (χ1) is 16.5. The lowest BCUT2D eigenvalue weighted by Crippen LogP contribution is -2.30. The first-order valence-corrected chi connectivity index (χ1v) is 11.6. The third-order valence-electron chi connectivity index (χ3n) is 5.36. The molecule has 0 unspecified atom stereocenters. The number of amides is 1. The Hall–Kier alpha value is -3.78. The van der Waals surface area contributed by atoms with E-state index in [1.54, 1.807) is 68.9 Å². The van der Waals surface area contributed by atoms with Gasteiger partial charge in [0, 0.05) is 17.5 Å². The summed E-state index contributed by atoms with van der Waals surface area (Å²) in [6.45, 7) is 2.16. The summed E-state index contributed by atoms with van der Waals surface area (Å²) in [6, 6.07) is 14.2. The number of benzene rings is 2. The van der Waals surface area contributed by atoms with Crippen molar-refractivity contribution in [2.75, 3.05) is 27.4 Å². The van der Waals surface area contributed by atoms with E-state index in [0.717, 1.165) is 6.42 Å². The number of thiophene rings is 1. The Labute approximate surface area is 200 Å². The number of fused-ring (bicyclic) bond motifs is 1. The Morgan fingerprint density at radius 3 is 2.62 bits per heavy atom. The number of ether oxygens (including phenoxy) is 3. The van der Waals surface area contributed by atoms with Crippen LogP contribution >= 0.6 is 11.3 Å². The molecule has 8 heteroatoms. The maximum Gasteiger partial charge on any atom is 0.257 e. The van der Waals surface area contributed by atoms with Gasteiger partial charge in [0.05, 0.1) is 25.2 Å². The molecule has 4 aromatic rings. The molecular formula is C26H25NO6S. The molecule has 2 aromatic heterocycles. The average Bonchev–Trinajstić information content (AvgIpc) is 3.36. The van der Waals surface area contributed by atoms with Crippen molar-refractivity contribution < 1.29 is 23.4 Å². The zero-order valence-electron chi connectivity index (χ0n) is 19.2. The van der Waals surface area contributed by atoms with Crippen molar-refractivity contribution in [3.63, 3.8) is 0 Å². The van der Waals surface area contributed by atoms with Crippen LogP contribution in [0, 0.1) is 6.92 Å². The minimum absolute atomic E-state index is 0.122. The van der Waals surface area contributed by atoms with Crippen LogP contribution in [0.5, 0.6) is 17.2 Å². The highest BCUT2D eigenvalue weighted by Crippen LogP contribution is 2.33. The standard InChI is InChI=1S/C26H25NO6S/c1-16-25(17-6-9-21(30-2)23(13-17)31-3)26(29)20-8-7-18(14-22(20)33-16)32-15-24(28)27-11-10-19-5-4-12-34-19/h4-9,12-14H,10-11,15H2,1-3H3,(H,27,28). The second-order valence-electron chi connectivity index (χ2n) is 7.56. The van der Waals surface area contributed by atoms with Gasteiger partial charge in [-0.05, 0) is 54.6 Å². The number of aryl methyl sites for hydroxylation is 1. The molecule has 0 aliphatic carbocycles. The van der Waals surface area contributed by atoms with Gasteiger partial charge in [-0.1, -0.05) is 12.1 Å². The van der Waals surface area contributed by atoms with Gasteiger partial charge in [-0.3, -0.25) is 9.59 Å². The van der Waals surface area contributed by atoms with Gasteiger partial charge < -0.3 is 23.9 Å². The van der Waals surface area contributed by atoms with Gasteiger partial charge in [0.25, 0.3) is 5.91 Å². The maximum absolute atomic E-state index is 13.3. The van der Waals surface area contributed by atoms with Crippen molar-refractivity contribution in [3.8, 4) is 28.4 Å². The summed E-state index contributed by atoms with van der Waals surface area (Å²) in [7, 11) is 3.10. The number of hydrogen-bond acceptors (Lipinski definition) is 7. The molecule has 0 aliphatic heterocycles. The topological polar surface area (TPSA) is 87.0 Å². The van der Waals surface area contributed by atoms with Crippen LogP contribution in [-0.4, -0.2) is 33.3 Å². The largest absolute Gasteiger partial charge is 0.493 e. The fourth-order valence-electron chi connectivity index (χ4n) is 3.68. The monoisotopic (exact) mass is 479 g/mol. The highest BCUT2D eigenvalue weighted by atomic mass is 32.1. The molecule has 176 valence electrons. The van der Waals surface area contributed by atoms with Crippen LogP contribution in [-0.2, 0) is 11.2 Å². The molecule has 1 N–H and O–H groups in total. The van der Waals surface area contributed by atoms with Crippen molar-refractivity contribution in [1.82, 2.24) is 5.32 Å². The van der Waals surface area contributed by atoms with Crippen molar-refractivity contribution in [2.45, 2.75) is 13.3 Å². The Balaban J connectivity index is 1.49. The third-order valence-corrected chi connectivity index (χ3v) is 6.29. The molecule has 7 nitrogen and oxygen atoms in total. The van der Waals surface area contributed by atoms with Gasteiger partial charge in [0.15, 0.2) is 18.1 Å². The Morgan fingerprint density at radius 1 is 1.06 bits per heavy atom. The predicted molar refractivity (Wildman–Crippen MR) is 132 cm³/mol. The molecular weight excluding hydrogens is 454 g/mol. The molecule has 1 amide bonds. The average molecular weight is 480 g/mol. The van der Waals surface area contributed by atoms with E-state index in [-0.39, 0.29) is 17.9 Å². The van der Waals surface area contributed by atoms with E-state index in [0.29, 0.717) is 51.6 Å². The summed E-state index contributed by atoms with van der Waals surface area (Å²) in [5.41, 5.74) is 1.35. The van der Waals surface area contributed by atoms with Crippen LogP contribution in [0.1, 0.15) is 10.6 Å². The van der Waals surface area contributed by atoms with Gasteiger partial charge in [-0.25, -0.2) is 0 Å². The van der Waals surface area contributed by atoms with Gasteiger partial charge >= 0.3 is 0 Å². The third kappa shape index (κ3) is 5.07. The number of nitrogens with one attached hydrogen (secondary N) is 1. The van der Waals surface area contributed by atoms with E-state index in [2.05, 4.69) is 5.32 Å². The first kappa shape index (κ1) is 23.4. The van der Waals surface area contributed by atoms with Crippen LogP contribution in [0.2, 0.25) is 0 Å². The lowest BCUT2D eigenvalue weighted by atomic mass is 10.0. The second kappa shape index (κ2) is 10.4. The molecule has 0 saturated carbocycles. The second-order valence-corrected chi connectivity index (χ2v) is 8.59. The fourth-order valence-corrected chi connectivity index (χ4v) is 4.39. The van der Waals surface area contributed by atoms with Gasteiger partial charge in [0.1, 0.15) is 17.1 Å². The van der Waals surface area contributed by atoms with Crippen LogP contribution < -0.4 is 25.0 Å². The summed E-state index contributed by atoms with van der Waals surface area (Å²) in [5.74, 6) is 1.80. The normalized spacial score (nSPS) is 10.8. The van der Waals surface area contributed by atoms with Crippen LogP contribution in [0.15, 0.2) is 63.1 Å². The number of hydrogen-bond donors (Lipinski definition) is 1. The molecule has 34 heavy (non-hydrogen) atoms. The molecule has 4 rings (SSSR count). The van der Waals surface area contributed by atoms with Gasteiger partial charge in [-0.15, -0.1) is 11.3 Å². The van der Waals surface area contributed by atoms with E-state index >= 15 is 0 Å². The van der Waals surface area contributed by atoms with Crippen molar-refractivity contribution in [3.05, 3.63) is 74.8 Å². The van der Waals surface area contributed by atoms with Crippen LogP contribution in [0.3, 0.4) is 0 Å². The quantitative estimate of drug-likeness (QED) is 0.378. The Kier molecular flexibility index (Phi) is 7.18. The van der Waals surface area contributed by atoms with Crippen molar-refractivity contribution in [2.24, 2.45) is 0 Å². The number of carbonyl (C=O) groups excluding carboxylic acids is 1. The highest BCUT2D eigenvalue weighted by molar-refractivity contribution is 7.09. The molecule has 0 aliphatic rings. The predicted octanol–water partition coefficient (Wildman–Crippen LogP) is 4.58. The van der Waals surface area contributed by atoms with Gasteiger partial charge in [-0.2, -0.15) is 0 Å². The minimum Gasteiger partial charge on any atom is -0.493 e. The van der Waals surface area contributed by atoms with E-state index in [9.17, 15) is 9.59 Å². The SMILES string of the molecule is COc1ccc(-c2c(C)oc3cc(OCC(=O)NCCc4cccs4)ccc3c2=O)cc1OC. The number of rotatable bonds is 9. The molecule has 0 fully saturated rings. The Bertz CT molecular complexity index is 1360. The van der Waals surface area contributed by atoms with Gasteiger partial charge in [0.2, 0.25) is 5.43 Å². The maximum atomic E-state index is 13.3. The first-order valence-electron chi connectivity index (χ1n) is 10.7. The minimum atomic E-state index is -0.210. The molecule has 0 bridgehead atoms. The van der Waals surface area contributed by atoms with Crippen molar-refractivity contribution >= 4 is 28.2 Å². The number of carbonyl (C=O) groups is 1. The molecule has 2 aromatic carbocycles. The molecule has 2 heterocycles. The molecule has 0 saturated heterocycles. The van der Waals surface area contributed by atoms with E-state index in [1.807, 2.05) is 17.5 Å². The van der Waals surface area contributed by atoms with E-state index in [4.69, 9.17) is 18.6 Å². The smallest absolute Gasteiger partial charge is 0.257 e. The van der Waals surface area contributed by atoms with E-state index in [1.165, 1.54) is 4.88 Å². The Morgan fingerprint density at radius 2 is 1.88 bits per heavy atom. The molecule has 0 spiro atoms. The van der Waals surface area contributed by atoms with Crippen LogP contribution in [0.25, 0.3) is 22.1 Å². The molecule has 0 atom stereocenters. The highest BCUT2D eigenvalue weighted by Gasteiger charge is 2.16. The summed E-state index contributed by atoms with van der Waals surface area (Å²) < 4.78 is 22.2. The summed E-state index contributed by atoms with van der Waals surface area (Å²) in [6.07, 6.45) is 0.784. The summed E-state index contributed by atoms with van der Waals surface area (Å²) in [5, 5.41) is 5.27. The summed E-state index contributed by atoms with van der Waals surface area (Å²) in [4.78, 5) is 26.6. The fraction of sp³-hybridized carbons (Fsp3) is 0.231. The number of methoxy groups -OCH3 is 2. The lowest BCUT2D eigenvalue weighted by Gasteiger charge is -2.12. The zero-order valence-corrected chi connectivity index (χ0v) is 20.0. The summed E-state index contributed by atoms with van der Waals surface area (Å²) >= 11 is 1.66. The molecule has 0 radical (unpaired) electrons. The zero-order chi connectivity index (χ0) is 24.1.